The van der Waals surface area contributed by atoms with Gasteiger partial charge in [-0.3, -0.25) is 9.59 Å². The predicted molar refractivity (Wildman–Crippen MR) is 42.4 cm³/mol. The second-order valence-electron chi connectivity index (χ2n) is 2.20. The van der Waals surface area contributed by atoms with Crippen LogP contribution in [0, 0.1) is 0 Å². The van der Waals surface area contributed by atoms with Crippen LogP contribution < -0.4 is 0 Å². The molecule has 0 radical (unpaired) electrons. The molecule has 0 aliphatic carbocycles. The van der Waals surface area contributed by atoms with Gasteiger partial charge in [-0.15, -0.1) is 0 Å². The van der Waals surface area contributed by atoms with E-state index in [2.05, 4.69) is 4.74 Å². The van der Waals surface area contributed by atoms with Crippen LogP contribution in [0.1, 0.15) is 11.7 Å². The fraction of sp³-hybridized carbons (Fsp3) is 0.111. The summed E-state index contributed by atoms with van der Waals surface area (Å²) in [5.74, 6) is 0. The van der Waals surface area contributed by atoms with E-state index in [1.54, 1.807) is 24.3 Å². The van der Waals surface area contributed by atoms with E-state index in [9.17, 15) is 9.59 Å². The van der Waals surface area contributed by atoms with Crippen molar-refractivity contribution in [1.29, 1.82) is 0 Å². The van der Waals surface area contributed by atoms with Gasteiger partial charge in [-0.1, -0.05) is 30.3 Å². The molecule has 1 atom stereocenters. The van der Waals surface area contributed by atoms with E-state index in [-0.39, 0.29) is 6.47 Å². The van der Waals surface area contributed by atoms with Gasteiger partial charge >= 0.3 is 0 Å². The minimum absolute atomic E-state index is 0.270. The number of aldehydes is 1. The van der Waals surface area contributed by atoms with Crippen LogP contribution in [-0.2, 0) is 14.3 Å². The first-order chi connectivity index (χ1) is 5.88. The lowest BCUT2D eigenvalue weighted by molar-refractivity contribution is -0.139. The van der Waals surface area contributed by atoms with E-state index in [0.29, 0.717) is 11.8 Å². The molecule has 0 fully saturated rings. The molecular weight excluding hydrogens is 156 g/mol. The molecule has 0 aromatic heterocycles. The molecule has 1 aromatic carbocycles. The number of benzene rings is 1. The number of ether oxygens (including phenoxy) is 1. The molecule has 0 aliphatic heterocycles. The molecule has 0 saturated heterocycles. The molecule has 0 heterocycles. The number of hydrogen-bond donors (Lipinski definition) is 0. The van der Waals surface area contributed by atoms with Gasteiger partial charge < -0.3 is 4.74 Å². The zero-order valence-electron chi connectivity index (χ0n) is 6.34. The maximum Gasteiger partial charge on any atom is 0.294 e. The lowest BCUT2D eigenvalue weighted by atomic mass is 10.1. The quantitative estimate of drug-likeness (QED) is 0.626. The Balaban J connectivity index is 2.79. The van der Waals surface area contributed by atoms with Crippen molar-refractivity contribution < 1.29 is 14.3 Å². The van der Waals surface area contributed by atoms with Crippen molar-refractivity contribution in [3.63, 3.8) is 0 Å². The highest BCUT2D eigenvalue weighted by Crippen LogP contribution is 2.12. The summed E-state index contributed by atoms with van der Waals surface area (Å²) in [6, 6.07) is 8.83. The molecule has 1 rings (SSSR count). The fourth-order valence-corrected chi connectivity index (χ4v) is 0.892. The van der Waals surface area contributed by atoms with Crippen LogP contribution in [0.4, 0.5) is 0 Å². The van der Waals surface area contributed by atoms with E-state index in [1.165, 1.54) is 0 Å². The van der Waals surface area contributed by atoms with Gasteiger partial charge in [0.1, 0.15) is 0 Å². The first kappa shape index (κ1) is 8.46. The minimum atomic E-state index is -0.774. The molecule has 12 heavy (non-hydrogen) atoms. The molecule has 0 bridgehead atoms. The predicted octanol–water partition coefficient (Wildman–Crippen LogP) is 1.10. The Morgan fingerprint density at radius 2 is 1.83 bits per heavy atom. The summed E-state index contributed by atoms with van der Waals surface area (Å²) >= 11 is 0. The SMILES string of the molecule is O=COC(C=O)c1ccccc1. The largest absolute Gasteiger partial charge is 0.452 e. The molecule has 0 saturated carbocycles. The van der Waals surface area contributed by atoms with Crippen molar-refractivity contribution in [3.05, 3.63) is 35.9 Å². The lowest BCUT2D eigenvalue weighted by Crippen LogP contribution is -2.03. The summed E-state index contributed by atoms with van der Waals surface area (Å²) in [7, 11) is 0. The molecule has 3 heteroatoms. The smallest absolute Gasteiger partial charge is 0.294 e. The Hall–Kier alpha value is -1.64. The van der Waals surface area contributed by atoms with E-state index in [0.717, 1.165) is 0 Å². The summed E-state index contributed by atoms with van der Waals surface area (Å²) in [5.41, 5.74) is 0.680. The van der Waals surface area contributed by atoms with Crippen LogP contribution in [-0.4, -0.2) is 12.8 Å². The van der Waals surface area contributed by atoms with Crippen LogP contribution in [0.3, 0.4) is 0 Å². The van der Waals surface area contributed by atoms with E-state index in [4.69, 9.17) is 0 Å². The molecular formula is C9H8O3. The third kappa shape index (κ3) is 1.92. The van der Waals surface area contributed by atoms with Crippen LogP contribution in [0.15, 0.2) is 30.3 Å². The van der Waals surface area contributed by atoms with Gasteiger partial charge in [-0.25, -0.2) is 0 Å². The number of carbonyl (C=O) groups is 2. The fourth-order valence-electron chi connectivity index (χ4n) is 0.892. The summed E-state index contributed by atoms with van der Waals surface area (Å²) in [6.07, 6.45) is -0.187. The van der Waals surface area contributed by atoms with E-state index in [1.807, 2.05) is 6.07 Å². The highest BCUT2D eigenvalue weighted by Gasteiger charge is 2.08. The molecule has 3 nitrogen and oxygen atoms in total. The molecule has 0 N–H and O–H groups in total. The topological polar surface area (TPSA) is 43.4 Å². The molecule has 1 unspecified atom stereocenters. The average molecular weight is 164 g/mol. The first-order valence-corrected chi connectivity index (χ1v) is 3.48. The molecule has 0 spiro atoms. The van der Waals surface area contributed by atoms with Gasteiger partial charge in [0.25, 0.3) is 6.47 Å². The lowest BCUT2D eigenvalue weighted by Gasteiger charge is -2.06. The Bertz CT molecular complexity index is 256. The maximum absolute atomic E-state index is 10.4. The van der Waals surface area contributed by atoms with Gasteiger partial charge in [0, 0.05) is 0 Å². The average Bonchev–Trinajstić information content (AvgIpc) is 2.15. The number of hydrogen-bond acceptors (Lipinski definition) is 3. The monoisotopic (exact) mass is 164 g/mol. The van der Waals surface area contributed by atoms with Crippen molar-refractivity contribution >= 4 is 12.8 Å². The maximum atomic E-state index is 10.4. The zero-order chi connectivity index (χ0) is 8.81. The van der Waals surface area contributed by atoms with Gasteiger partial charge in [0.2, 0.25) is 0 Å². The van der Waals surface area contributed by atoms with Crippen LogP contribution >= 0.6 is 0 Å². The van der Waals surface area contributed by atoms with Crippen molar-refractivity contribution in [2.24, 2.45) is 0 Å². The Kier molecular flexibility index (Phi) is 3.02. The van der Waals surface area contributed by atoms with Crippen molar-refractivity contribution in [2.45, 2.75) is 6.10 Å². The van der Waals surface area contributed by atoms with Crippen molar-refractivity contribution in [2.75, 3.05) is 0 Å². The molecule has 0 amide bonds. The Morgan fingerprint density at radius 3 is 2.33 bits per heavy atom. The van der Waals surface area contributed by atoms with Gasteiger partial charge in [-0.2, -0.15) is 0 Å². The third-order valence-corrected chi connectivity index (χ3v) is 1.45. The second-order valence-corrected chi connectivity index (χ2v) is 2.20. The highest BCUT2D eigenvalue weighted by atomic mass is 16.5. The van der Waals surface area contributed by atoms with Gasteiger partial charge in [0.05, 0.1) is 0 Å². The van der Waals surface area contributed by atoms with Gasteiger partial charge in [-0.05, 0) is 5.56 Å². The highest BCUT2D eigenvalue weighted by molar-refractivity contribution is 5.62. The zero-order valence-corrected chi connectivity index (χ0v) is 6.34. The van der Waals surface area contributed by atoms with Crippen LogP contribution in [0.5, 0.6) is 0 Å². The molecule has 1 aromatic rings. The Labute approximate surface area is 70.0 Å². The van der Waals surface area contributed by atoms with Crippen LogP contribution in [0.2, 0.25) is 0 Å². The Morgan fingerprint density at radius 1 is 1.17 bits per heavy atom. The van der Waals surface area contributed by atoms with Crippen molar-refractivity contribution in [3.8, 4) is 0 Å². The summed E-state index contributed by atoms with van der Waals surface area (Å²) < 4.78 is 4.53. The molecule has 62 valence electrons. The van der Waals surface area contributed by atoms with Crippen molar-refractivity contribution in [1.82, 2.24) is 0 Å². The van der Waals surface area contributed by atoms with E-state index < -0.39 is 6.10 Å². The first-order valence-electron chi connectivity index (χ1n) is 3.48. The normalized spacial score (nSPS) is 11.7. The summed E-state index contributed by atoms with van der Waals surface area (Å²) in [4.78, 5) is 20.4. The summed E-state index contributed by atoms with van der Waals surface area (Å²) in [6.45, 7) is 0.270. The third-order valence-electron chi connectivity index (χ3n) is 1.45. The molecule has 0 aliphatic rings. The van der Waals surface area contributed by atoms with E-state index >= 15 is 0 Å². The minimum Gasteiger partial charge on any atom is -0.452 e. The standard InChI is InChI=1S/C9H8O3/c10-6-9(12-7-11)8-4-2-1-3-5-8/h1-7,9H. The summed E-state index contributed by atoms with van der Waals surface area (Å²) in [5, 5.41) is 0. The second kappa shape index (κ2) is 4.28. The van der Waals surface area contributed by atoms with Gasteiger partial charge in [0.15, 0.2) is 12.4 Å². The van der Waals surface area contributed by atoms with Crippen LogP contribution in [0.25, 0.3) is 0 Å². The number of rotatable bonds is 4. The number of carbonyl (C=O) groups excluding carboxylic acids is 2.